The lowest BCUT2D eigenvalue weighted by Gasteiger charge is -2.20. The Morgan fingerprint density at radius 3 is 2.75 bits per heavy atom. The van der Waals surface area contributed by atoms with E-state index in [0.29, 0.717) is 6.04 Å². The third-order valence-electron chi connectivity index (χ3n) is 3.69. The second-order valence-electron chi connectivity index (χ2n) is 5.59. The first kappa shape index (κ1) is 14.9. The molecule has 0 aromatic carbocycles. The molecule has 0 bridgehead atoms. The Bertz CT molecular complexity index is 419. The monoisotopic (exact) mass is 276 g/mol. The number of carbonyl (C=O) groups excluding carboxylic acids is 1. The first-order valence-electron chi connectivity index (χ1n) is 7.28. The maximum Gasteiger partial charge on any atom is 0.234 e. The molecule has 110 valence electrons. The maximum atomic E-state index is 11.4. The second kappa shape index (κ2) is 7.36. The number of aromatic nitrogens is 1. The van der Waals surface area contributed by atoms with Gasteiger partial charge in [-0.25, -0.2) is 0 Å². The minimum atomic E-state index is -0.237. The van der Waals surface area contributed by atoms with Gasteiger partial charge in [0, 0.05) is 25.0 Å². The molecular formula is C15H24N4O. The van der Waals surface area contributed by atoms with Gasteiger partial charge in [0.25, 0.3) is 0 Å². The Morgan fingerprint density at radius 1 is 1.45 bits per heavy atom. The largest absolute Gasteiger partial charge is 0.368 e. The number of nitrogens with two attached hydrogens (primary N) is 1. The summed E-state index contributed by atoms with van der Waals surface area (Å²) < 4.78 is 0. The molecule has 1 fully saturated rings. The van der Waals surface area contributed by atoms with Gasteiger partial charge in [0.05, 0.1) is 6.04 Å². The summed E-state index contributed by atoms with van der Waals surface area (Å²) in [5.74, 6) is -0.237. The highest BCUT2D eigenvalue weighted by molar-refractivity contribution is 5.79. The summed E-state index contributed by atoms with van der Waals surface area (Å²) in [5.41, 5.74) is 6.72. The average molecular weight is 276 g/mol. The Kier molecular flexibility index (Phi) is 5.49. The number of rotatable bonds is 9. The van der Waals surface area contributed by atoms with Crippen LogP contribution < -0.4 is 11.1 Å². The molecule has 5 nitrogen and oxygen atoms in total. The second-order valence-corrected chi connectivity index (χ2v) is 5.59. The summed E-state index contributed by atoms with van der Waals surface area (Å²) in [6.07, 6.45) is 7.74. The van der Waals surface area contributed by atoms with Crippen molar-refractivity contribution in [3.63, 3.8) is 0 Å². The van der Waals surface area contributed by atoms with Crippen LogP contribution in [0.25, 0.3) is 0 Å². The molecule has 1 atom stereocenters. The predicted octanol–water partition coefficient (Wildman–Crippen LogP) is 0.552. The van der Waals surface area contributed by atoms with Gasteiger partial charge in [-0.15, -0.1) is 0 Å². The highest BCUT2D eigenvalue weighted by Crippen LogP contribution is 2.19. The predicted molar refractivity (Wildman–Crippen MR) is 79.2 cm³/mol. The quantitative estimate of drug-likeness (QED) is 0.691. The van der Waals surface area contributed by atoms with Gasteiger partial charge in [-0.3, -0.25) is 9.78 Å². The van der Waals surface area contributed by atoms with Crippen LogP contribution in [-0.2, 0) is 11.2 Å². The summed E-state index contributed by atoms with van der Waals surface area (Å²) in [6, 6.07) is 4.39. The molecule has 0 spiro atoms. The molecule has 0 saturated heterocycles. The van der Waals surface area contributed by atoms with Crippen LogP contribution in [0.5, 0.6) is 0 Å². The highest BCUT2D eigenvalue weighted by Gasteiger charge is 2.27. The van der Waals surface area contributed by atoms with Gasteiger partial charge in [-0.05, 0) is 57.0 Å². The van der Waals surface area contributed by atoms with Crippen LogP contribution in [0, 0.1) is 0 Å². The zero-order valence-electron chi connectivity index (χ0n) is 12.1. The average Bonchev–Trinajstić information content (AvgIpc) is 3.26. The van der Waals surface area contributed by atoms with Crippen molar-refractivity contribution in [1.82, 2.24) is 15.2 Å². The van der Waals surface area contributed by atoms with E-state index >= 15 is 0 Å². The van der Waals surface area contributed by atoms with E-state index in [2.05, 4.69) is 22.2 Å². The number of nitrogens with one attached hydrogen (secondary N) is 1. The van der Waals surface area contributed by atoms with Crippen molar-refractivity contribution in [3.05, 3.63) is 30.1 Å². The molecule has 20 heavy (non-hydrogen) atoms. The standard InChI is InChI=1S/C15H24N4O/c1-19(10-6-12-4-8-17-9-5-12)11-7-14(15(16)20)18-13-2-3-13/h4-5,8-9,13-14,18H,2-3,6-7,10-11H2,1H3,(H2,16,20). The van der Waals surface area contributed by atoms with Crippen LogP contribution in [0.15, 0.2) is 24.5 Å². The Hall–Kier alpha value is -1.46. The van der Waals surface area contributed by atoms with E-state index in [1.807, 2.05) is 24.5 Å². The molecule has 2 rings (SSSR count). The number of amides is 1. The molecule has 0 aliphatic heterocycles. The fraction of sp³-hybridized carbons (Fsp3) is 0.600. The third-order valence-corrected chi connectivity index (χ3v) is 3.69. The molecule has 1 aliphatic rings. The van der Waals surface area contributed by atoms with Crippen molar-refractivity contribution in [2.45, 2.75) is 37.8 Å². The first-order valence-corrected chi connectivity index (χ1v) is 7.28. The number of nitrogens with zero attached hydrogens (tertiary/aromatic N) is 2. The van der Waals surface area contributed by atoms with Crippen LogP contribution in [0.3, 0.4) is 0 Å². The lowest BCUT2D eigenvalue weighted by molar-refractivity contribution is -0.120. The van der Waals surface area contributed by atoms with Crippen molar-refractivity contribution >= 4 is 5.91 Å². The van der Waals surface area contributed by atoms with Crippen LogP contribution in [-0.4, -0.2) is 48.0 Å². The van der Waals surface area contributed by atoms with E-state index in [9.17, 15) is 4.79 Å². The molecule has 5 heteroatoms. The van der Waals surface area contributed by atoms with Crippen LogP contribution in [0.4, 0.5) is 0 Å². The first-order chi connectivity index (χ1) is 9.65. The van der Waals surface area contributed by atoms with Gasteiger partial charge in [0.15, 0.2) is 0 Å². The van der Waals surface area contributed by atoms with Crippen molar-refractivity contribution < 1.29 is 4.79 Å². The summed E-state index contributed by atoms with van der Waals surface area (Å²) in [5, 5.41) is 3.31. The molecule has 1 aliphatic carbocycles. The molecule has 1 aromatic heterocycles. The molecule has 1 amide bonds. The van der Waals surface area contributed by atoms with Gasteiger partial charge in [0.1, 0.15) is 0 Å². The van der Waals surface area contributed by atoms with Crippen LogP contribution in [0.1, 0.15) is 24.8 Å². The minimum absolute atomic E-state index is 0.189. The van der Waals surface area contributed by atoms with Gasteiger partial charge >= 0.3 is 0 Å². The number of pyridine rings is 1. The lowest BCUT2D eigenvalue weighted by Crippen LogP contribution is -2.44. The zero-order chi connectivity index (χ0) is 14.4. The smallest absolute Gasteiger partial charge is 0.234 e. The molecule has 1 saturated carbocycles. The SMILES string of the molecule is CN(CCc1ccncc1)CCC(NC1CC1)C(N)=O. The van der Waals surface area contributed by atoms with E-state index < -0.39 is 0 Å². The fourth-order valence-corrected chi connectivity index (χ4v) is 2.17. The van der Waals surface area contributed by atoms with E-state index in [0.717, 1.165) is 25.9 Å². The third kappa shape index (κ3) is 5.27. The van der Waals surface area contributed by atoms with Crippen molar-refractivity contribution in [3.8, 4) is 0 Å². The van der Waals surface area contributed by atoms with Crippen LogP contribution in [0.2, 0.25) is 0 Å². The van der Waals surface area contributed by atoms with Gasteiger partial charge < -0.3 is 16.0 Å². The summed E-state index contributed by atoms with van der Waals surface area (Å²) in [7, 11) is 2.08. The summed E-state index contributed by atoms with van der Waals surface area (Å²) >= 11 is 0. The van der Waals surface area contributed by atoms with E-state index in [1.54, 1.807) is 0 Å². The maximum absolute atomic E-state index is 11.4. The number of hydrogen-bond acceptors (Lipinski definition) is 4. The lowest BCUT2D eigenvalue weighted by atomic mass is 10.1. The van der Waals surface area contributed by atoms with E-state index in [-0.39, 0.29) is 11.9 Å². The molecule has 0 radical (unpaired) electrons. The fourth-order valence-electron chi connectivity index (χ4n) is 2.17. The van der Waals surface area contributed by atoms with Crippen LogP contribution >= 0.6 is 0 Å². The molecule has 1 unspecified atom stereocenters. The van der Waals surface area contributed by atoms with Crippen molar-refractivity contribution in [2.75, 3.05) is 20.1 Å². The topological polar surface area (TPSA) is 71.2 Å². The molecular weight excluding hydrogens is 252 g/mol. The van der Waals surface area contributed by atoms with Gasteiger partial charge in [0.2, 0.25) is 5.91 Å². The highest BCUT2D eigenvalue weighted by atomic mass is 16.1. The normalized spacial score (nSPS) is 16.3. The van der Waals surface area contributed by atoms with Gasteiger partial charge in [-0.1, -0.05) is 0 Å². The molecule has 3 N–H and O–H groups in total. The number of hydrogen-bond donors (Lipinski definition) is 2. The Morgan fingerprint density at radius 2 is 2.15 bits per heavy atom. The Labute approximate surface area is 120 Å². The number of primary amides is 1. The summed E-state index contributed by atoms with van der Waals surface area (Å²) in [6.45, 7) is 1.84. The van der Waals surface area contributed by atoms with E-state index in [1.165, 1.54) is 18.4 Å². The Balaban J connectivity index is 1.67. The van der Waals surface area contributed by atoms with Crippen molar-refractivity contribution in [2.24, 2.45) is 5.73 Å². The van der Waals surface area contributed by atoms with Gasteiger partial charge in [-0.2, -0.15) is 0 Å². The summed E-state index contributed by atoms with van der Waals surface area (Å²) in [4.78, 5) is 17.6. The molecule has 1 aromatic rings. The zero-order valence-corrected chi connectivity index (χ0v) is 12.1. The van der Waals surface area contributed by atoms with Crippen molar-refractivity contribution in [1.29, 1.82) is 0 Å². The molecule has 1 heterocycles. The van der Waals surface area contributed by atoms with E-state index in [4.69, 9.17) is 5.73 Å². The minimum Gasteiger partial charge on any atom is -0.368 e. The number of carbonyl (C=O) groups is 1. The number of likely N-dealkylation sites (N-methyl/N-ethyl adjacent to an activating group) is 1.